The van der Waals surface area contributed by atoms with Gasteiger partial charge in [0.2, 0.25) is 0 Å². The maximum atomic E-state index is 9.59. The minimum Gasteiger partial charge on any atom is -0.550 e. The second-order valence-corrected chi connectivity index (χ2v) is 4.08. The van der Waals surface area contributed by atoms with Crippen molar-refractivity contribution in [3.63, 3.8) is 0 Å². The summed E-state index contributed by atoms with van der Waals surface area (Å²) in [6, 6.07) is 0. The average Bonchev–Trinajstić information content (AvgIpc) is 2.01. The summed E-state index contributed by atoms with van der Waals surface area (Å²) in [6.45, 7) is 6.31. The number of aliphatic carboxylic acids is 2. The summed E-state index contributed by atoms with van der Waals surface area (Å²) in [7, 11) is -4.94. The Balaban J connectivity index is -0.0000000201. The van der Waals surface area contributed by atoms with E-state index in [4.69, 9.17) is 18.6 Å². The van der Waals surface area contributed by atoms with Gasteiger partial charge in [0.1, 0.15) is 0 Å². The van der Waals surface area contributed by atoms with Gasteiger partial charge in [0.15, 0.2) is 0 Å². The normalized spacial score (nSPS) is 7.73. The Bertz CT molecular complexity index is 217. The zero-order chi connectivity index (χ0) is 14.8. The van der Waals surface area contributed by atoms with Crippen molar-refractivity contribution in [2.45, 2.75) is 27.7 Å². The molecule has 12 N–H and O–H groups in total. The van der Waals surface area contributed by atoms with E-state index in [9.17, 15) is 19.8 Å². The fourth-order valence-electron chi connectivity index (χ4n) is 0. The summed E-state index contributed by atoms with van der Waals surface area (Å²) in [4.78, 5) is 19.2. The first-order valence-corrected chi connectivity index (χ1v) is 5.55. The van der Waals surface area contributed by atoms with Crippen molar-refractivity contribution in [2.75, 3.05) is 0 Å². The predicted octanol–water partition coefficient (Wildman–Crippen LogP) is -5.33. The molecule has 142 valence electrons. The maximum Gasteiger partial charge on any atom is 3.00 e. The number of halogens is 1. The molecule has 12 nitrogen and oxygen atoms in total. The largest absolute Gasteiger partial charge is 3.00 e. The van der Waals surface area contributed by atoms with Crippen molar-refractivity contribution in [3.05, 3.63) is 0 Å². The monoisotopic (exact) mass is 400 g/mol. The Morgan fingerprint density at radius 1 is 0.682 bits per heavy atom. The molecule has 0 radical (unpaired) electrons. The quantitative estimate of drug-likeness (QED) is 0.337. The smallest absolute Gasteiger partial charge is 0.550 e. The molecule has 0 aliphatic carbocycles. The SMILES string of the molecule is CC(C)C(=O)[O-].CC(C)C(=O)[O-].N.N.N.N.[Co+3].[O-][Cl+3]([O-])([O-])[O-]. The van der Waals surface area contributed by atoms with Gasteiger partial charge >= 0.3 is 16.8 Å². The van der Waals surface area contributed by atoms with Crippen LogP contribution in [0.4, 0.5) is 0 Å². The van der Waals surface area contributed by atoms with Gasteiger partial charge in [0.05, 0.1) is 0 Å². The van der Waals surface area contributed by atoms with Crippen LogP contribution in [0.1, 0.15) is 27.7 Å². The van der Waals surface area contributed by atoms with Gasteiger partial charge in [-0.25, -0.2) is 18.6 Å². The van der Waals surface area contributed by atoms with Crippen molar-refractivity contribution in [1.82, 2.24) is 24.6 Å². The van der Waals surface area contributed by atoms with Crippen molar-refractivity contribution in [1.29, 1.82) is 0 Å². The Hall–Kier alpha value is -0.584. The molecule has 0 saturated carbocycles. The van der Waals surface area contributed by atoms with Gasteiger partial charge in [-0.2, -0.15) is 0 Å². The first-order chi connectivity index (χ1) is 7.29. The van der Waals surface area contributed by atoms with E-state index in [0.29, 0.717) is 0 Å². The third kappa shape index (κ3) is 120. The van der Waals surface area contributed by atoms with Gasteiger partial charge < -0.3 is 44.4 Å². The standard InChI is InChI=1S/2C4H8O2.ClHO4.Co.4H3N/c2*1-3(2)4(5)6;2-1(3,4)5;;;;;/h2*3H,1-2H3,(H,5,6);(H,2,3,4,5);;4*1H3/q;;;+3;;;;/p-3. The summed E-state index contributed by atoms with van der Waals surface area (Å²) in [5.74, 6) is -2.67. The second kappa shape index (κ2) is 25.4. The van der Waals surface area contributed by atoms with Crippen LogP contribution in [0.25, 0.3) is 0 Å². The van der Waals surface area contributed by atoms with Gasteiger partial charge in [-0.05, 0) is 11.8 Å². The topological polar surface area (TPSA) is 312 Å². The van der Waals surface area contributed by atoms with Crippen LogP contribution in [0.5, 0.6) is 0 Å². The van der Waals surface area contributed by atoms with Crippen LogP contribution in [-0.2, 0) is 26.4 Å². The molecule has 0 fully saturated rings. The van der Waals surface area contributed by atoms with Gasteiger partial charge in [0, 0.05) is 11.9 Å². The predicted molar refractivity (Wildman–Crippen MR) is 59.8 cm³/mol. The number of carbonyl (C=O) groups excluding carboxylic acids is 2. The summed E-state index contributed by atoms with van der Waals surface area (Å²) >= 11 is 0. The van der Waals surface area contributed by atoms with Gasteiger partial charge in [-0.1, -0.05) is 27.7 Å². The van der Waals surface area contributed by atoms with Gasteiger partial charge in [-0.15, -0.1) is 10.2 Å². The molecule has 0 aromatic heterocycles. The molecule has 14 heteroatoms. The zero-order valence-corrected chi connectivity index (χ0v) is 14.8. The zero-order valence-electron chi connectivity index (χ0n) is 13.0. The number of carboxylic acid groups (broad SMARTS) is 2. The fraction of sp³-hybridized carbons (Fsp3) is 0.750. The molecule has 0 unspecified atom stereocenters. The Labute approximate surface area is 142 Å². The molecule has 0 aromatic rings. The Morgan fingerprint density at radius 2 is 0.727 bits per heavy atom. The van der Waals surface area contributed by atoms with Crippen molar-refractivity contribution in [2.24, 2.45) is 11.8 Å². The van der Waals surface area contributed by atoms with Crippen LogP contribution in [0.3, 0.4) is 0 Å². The van der Waals surface area contributed by atoms with Crippen LogP contribution in [-0.4, -0.2) is 11.9 Å². The van der Waals surface area contributed by atoms with Crippen LogP contribution >= 0.6 is 0 Å². The Kier molecular flexibility index (Phi) is 57.2. The third-order valence-electron chi connectivity index (χ3n) is 0.943. The summed E-state index contributed by atoms with van der Waals surface area (Å²) < 4.78 is 34.0. The molecule has 0 heterocycles. The number of rotatable bonds is 2. The van der Waals surface area contributed by atoms with E-state index in [0.717, 1.165) is 0 Å². The molecule has 0 rings (SSSR count). The molecule has 0 aliphatic heterocycles. The van der Waals surface area contributed by atoms with Gasteiger partial charge in [0.25, 0.3) is 0 Å². The molecule has 0 amide bonds. The van der Waals surface area contributed by atoms with E-state index in [1.54, 1.807) is 27.7 Å². The van der Waals surface area contributed by atoms with Crippen LogP contribution in [0.2, 0.25) is 0 Å². The van der Waals surface area contributed by atoms with Crippen LogP contribution < -0.4 is 53.5 Å². The minimum atomic E-state index is -4.94. The van der Waals surface area contributed by atoms with E-state index in [2.05, 4.69) is 0 Å². The van der Waals surface area contributed by atoms with Crippen LogP contribution in [0.15, 0.2) is 0 Å². The van der Waals surface area contributed by atoms with E-state index in [1.807, 2.05) is 0 Å². The number of carbonyl (C=O) groups is 2. The molecule has 0 aliphatic rings. The number of hydrogen-bond donors (Lipinski definition) is 4. The summed E-state index contributed by atoms with van der Waals surface area (Å²) in [6.07, 6.45) is 0. The van der Waals surface area contributed by atoms with Crippen molar-refractivity contribution < 1.29 is 65.5 Å². The second-order valence-electron chi connectivity index (χ2n) is 3.33. The first-order valence-electron chi connectivity index (χ1n) is 4.32. The van der Waals surface area contributed by atoms with E-state index >= 15 is 0 Å². The van der Waals surface area contributed by atoms with Gasteiger partial charge in [-0.3, -0.25) is 0 Å². The fourth-order valence-corrected chi connectivity index (χ4v) is 0. The van der Waals surface area contributed by atoms with E-state index in [-0.39, 0.29) is 53.2 Å². The summed E-state index contributed by atoms with van der Waals surface area (Å²) in [5.41, 5.74) is 0. The van der Waals surface area contributed by atoms with Crippen molar-refractivity contribution in [3.8, 4) is 0 Å². The Morgan fingerprint density at radius 3 is 0.727 bits per heavy atom. The molecule has 22 heavy (non-hydrogen) atoms. The molecule has 0 spiro atoms. The van der Waals surface area contributed by atoms with Crippen LogP contribution in [0, 0.1) is 22.1 Å². The molecule has 0 atom stereocenters. The average molecular weight is 401 g/mol. The molecular weight excluding hydrogens is 374 g/mol. The van der Waals surface area contributed by atoms with E-state index in [1.165, 1.54) is 0 Å². The first kappa shape index (κ1) is 49.6. The molecule has 0 bridgehead atoms. The maximum absolute atomic E-state index is 9.59. The number of carboxylic acids is 2. The minimum absolute atomic E-state index is 0. The van der Waals surface area contributed by atoms with Crippen molar-refractivity contribution >= 4 is 11.9 Å². The molecule has 0 saturated heterocycles. The van der Waals surface area contributed by atoms with E-state index < -0.39 is 22.2 Å². The summed E-state index contributed by atoms with van der Waals surface area (Å²) in [5, 5.41) is 19.2. The molecule has 0 aromatic carbocycles. The third-order valence-corrected chi connectivity index (χ3v) is 0.943. The molecular formula is C8H26ClCoN4O8. The number of hydrogen-bond acceptors (Lipinski definition) is 12.